The average Bonchev–Trinajstić information content (AvgIpc) is 3.20. The molecular weight excluding hydrogens is 416 g/mol. The van der Waals surface area contributed by atoms with Gasteiger partial charge in [-0.15, -0.1) is 0 Å². The average molecular weight is 434 g/mol. The minimum Gasteiger partial charge on any atom is -0.483 e. The van der Waals surface area contributed by atoms with Gasteiger partial charge >= 0.3 is 0 Å². The Morgan fingerprint density at radius 2 is 1.97 bits per heavy atom. The van der Waals surface area contributed by atoms with Crippen LogP contribution in [0.15, 0.2) is 66.9 Å². The molecule has 0 atom stereocenters. The zero-order chi connectivity index (χ0) is 21.8. The van der Waals surface area contributed by atoms with Crippen molar-refractivity contribution in [1.82, 2.24) is 9.97 Å². The summed E-state index contributed by atoms with van der Waals surface area (Å²) in [4.78, 5) is 34.1. The van der Waals surface area contributed by atoms with Crippen molar-refractivity contribution in [2.24, 2.45) is 0 Å². The summed E-state index contributed by atoms with van der Waals surface area (Å²) in [6.45, 7) is 1.94. The van der Waals surface area contributed by atoms with E-state index in [1.165, 1.54) is 28.4 Å². The van der Waals surface area contributed by atoms with Gasteiger partial charge in [-0.1, -0.05) is 35.6 Å². The number of ether oxygens (including phenoxy) is 1. The Labute approximate surface area is 181 Å². The second-order valence-electron chi connectivity index (χ2n) is 6.76. The van der Waals surface area contributed by atoms with Crippen LogP contribution in [0.25, 0.3) is 10.2 Å². The number of pyridine rings is 1. The number of carbonyl (C=O) groups is 1. The minimum absolute atomic E-state index is 0.0202. The standard InChI is InChI=1S/C22H18N4O4S/c1-15-6-2-3-8-19(15)30-14-21(27)25(13-16-7-4-5-11-23-16)22-24-18-10-9-17(26(28)29)12-20(18)31-22/h2-12H,13-14H2,1H3. The van der Waals surface area contributed by atoms with Crippen molar-refractivity contribution in [2.75, 3.05) is 11.5 Å². The number of aromatic nitrogens is 2. The van der Waals surface area contributed by atoms with Gasteiger partial charge in [0.25, 0.3) is 11.6 Å². The Kier molecular flexibility index (Phi) is 5.85. The molecule has 31 heavy (non-hydrogen) atoms. The lowest BCUT2D eigenvalue weighted by Crippen LogP contribution is -2.34. The first-order chi connectivity index (χ1) is 15.0. The van der Waals surface area contributed by atoms with Crippen LogP contribution >= 0.6 is 11.3 Å². The summed E-state index contributed by atoms with van der Waals surface area (Å²) in [6, 6.07) is 17.4. The zero-order valence-electron chi connectivity index (χ0n) is 16.6. The van der Waals surface area contributed by atoms with E-state index in [-0.39, 0.29) is 24.7 Å². The summed E-state index contributed by atoms with van der Waals surface area (Å²) < 4.78 is 6.37. The number of aryl methyl sites for hydroxylation is 1. The number of anilines is 1. The Bertz CT molecular complexity index is 1240. The van der Waals surface area contributed by atoms with Gasteiger partial charge in [-0.05, 0) is 36.8 Å². The fraction of sp³-hybridized carbons (Fsp3) is 0.136. The fourth-order valence-corrected chi connectivity index (χ4v) is 4.00. The molecule has 0 aliphatic rings. The summed E-state index contributed by atoms with van der Waals surface area (Å²) in [7, 11) is 0. The van der Waals surface area contributed by atoms with E-state index in [1.54, 1.807) is 18.3 Å². The van der Waals surface area contributed by atoms with Crippen LogP contribution in [-0.4, -0.2) is 27.4 Å². The lowest BCUT2D eigenvalue weighted by atomic mass is 10.2. The Hall–Kier alpha value is -3.85. The second kappa shape index (κ2) is 8.88. The molecule has 0 spiro atoms. The van der Waals surface area contributed by atoms with Crippen molar-refractivity contribution >= 4 is 38.3 Å². The van der Waals surface area contributed by atoms with Crippen LogP contribution in [0.4, 0.5) is 10.8 Å². The normalized spacial score (nSPS) is 10.7. The number of benzene rings is 2. The van der Waals surface area contributed by atoms with E-state index >= 15 is 0 Å². The van der Waals surface area contributed by atoms with Gasteiger partial charge in [0.2, 0.25) is 0 Å². The van der Waals surface area contributed by atoms with Crippen LogP contribution in [0.5, 0.6) is 5.75 Å². The number of hydrogen-bond acceptors (Lipinski definition) is 7. The molecule has 0 bridgehead atoms. The van der Waals surface area contributed by atoms with Gasteiger partial charge in [-0.3, -0.25) is 24.8 Å². The number of nitro benzene ring substituents is 1. The molecule has 156 valence electrons. The molecule has 0 unspecified atom stereocenters. The summed E-state index contributed by atoms with van der Waals surface area (Å²) in [5, 5.41) is 11.5. The number of hydrogen-bond donors (Lipinski definition) is 0. The highest BCUT2D eigenvalue weighted by atomic mass is 32.1. The molecule has 8 nitrogen and oxygen atoms in total. The molecule has 0 N–H and O–H groups in total. The first-order valence-electron chi connectivity index (χ1n) is 9.45. The third kappa shape index (κ3) is 4.67. The van der Waals surface area contributed by atoms with Gasteiger partial charge in [0.05, 0.1) is 27.4 Å². The number of nitro groups is 1. The highest BCUT2D eigenvalue weighted by Gasteiger charge is 2.22. The van der Waals surface area contributed by atoms with Crippen molar-refractivity contribution in [3.63, 3.8) is 0 Å². The van der Waals surface area contributed by atoms with Crippen LogP contribution in [0.3, 0.4) is 0 Å². The monoisotopic (exact) mass is 434 g/mol. The molecule has 9 heteroatoms. The van der Waals surface area contributed by atoms with Gasteiger partial charge in [0.15, 0.2) is 11.7 Å². The predicted molar refractivity (Wildman–Crippen MR) is 118 cm³/mol. The Balaban J connectivity index is 1.63. The number of rotatable bonds is 7. The first kappa shape index (κ1) is 20.4. The van der Waals surface area contributed by atoms with Crippen molar-refractivity contribution in [3.05, 3.63) is 88.2 Å². The SMILES string of the molecule is Cc1ccccc1OCC(=O)N(Cc1ccccn1)c1nc2ccc([N+](=O)[O-])cc2s1. The van der Waals surface area contributed by atoms with E-state index in [0.29, 0.717) is 26.8 Å². The van der Waals surface area contributed by atoms with E-state index in [1.807, 2.05) is 43.3 Å². The molecule has 0 saturated heterocycles. The Morgan fingerprint density at radius 3 is 2.71 bits per heavy atom. The number of amides is 1. The van der Waals surface area contributed by atoms with Crippen molar-refractivity contribution < 1.29 is 14.5 Å². The maximum atomic E-state index is 13.1. The molecule has 4 rings (SSSR count). The first-order valence-corrected chi connectivity index (χ1v) is 10.3. The molecule has 0 aliphatic heterocycles. The highest BCUT2D eigenvalue weighted by molar-refractivity contribution is 7.22. The smallest absolute Gasteiger partial charge is 0.270 e. The number of carbonyl (C=O) groups excluding carboxylic acids is 1. The van der Waals surface area contributed by atoms with Gasteiger partial charge in [0.1, 0.15) is 5.75 Å². The molecule has 2 heterocycles. The Morgan fingerprint density at radius 1 is 1.16 bits per heavy atom. The molecule has 0 fully saturated rings. The van der Waals surface area contributed by atoms with Crippen LogP contribution in [0, 0.1) is 17.0 Å². The van der Waals surface area contributed by atoms with E-state index < -0.39 is 4.92 Å². The van der Waals surface area contributed by atoms with E-state index in [2.05, 4.69) is 9.97 Å². The number of nitrogens with zero attached hydrogens (tertiary/aromatic N) is 4. The van der Waals surface area contributed by atoms with Crippen LogP contribution in [0.2, 0.25) is 0 Å². The van der Waals surface area contributed by atoms with Gasteiger partial charge in [-0.2, -0.15) is 0 Å². The van der Waals surface area contributed by atoms with Crippen molar-refractivity contribution in [1.29, 1.82) is 0 Å². The largest absolute Gasteiger partial charge is 0.483 e. The number of para-hydroxylation sites is 1. The third-order valence-electron chi connectivity index (χ3n) is 4.59. The van der Waals surface area contributed by atoms with Gasteiger partial charge < -0.3 is 4.74 Å². The summed E-state index contributed by atoms with van der Waals surface area (Å²) >= 11 is 1.22. The number of thiazole rings is 1. The lowest BCUT2D eigenvalue weighted by Gasteiger charge is -2.20. The molecule has 2 aromatic carbocycles. The van der Waals surface area contributed by atoms with Gasteiger partial charge in [0, 0.05) is 18.3 Å². The quantitative estimate of drug-likeness (QED) is 0.313. The molecule has 2 aromatic heterocycles. The molecule has 0 saturated carbocycles. The van der Waals surface area contributed by atoms with Crippen LogP contribution in [-0.2, 0) is 11.3 Å². The second-order valence-corrected chi connectivity index (χ2v) is 7.77. The maximum absolute atomic E-state index is 13.1. The molecule has 0 aliphatic carbocycles. The molecular formula is C22H18N4O4S. The summed E-state index contributed by atoms with van der Waals surface area (Å²) in [5.74, 6) is 0.344. The van der Waals surface area contributed by atoms with Crippen LogP contribution in [0.1, 0.15) is 11.3 Å². The van der Waals surface area contributed by atoms with E-state index in [4.69, 9.17) is 4.74 Å². The van der Waals surface area contributed by atoms with Crippen molar-refractivity contribution in [2.45, 2.75) is 13.5 Å². The van der Waals surface area contributed by atoms with E-state index in [9.17, 15) is 14.9 Å². The summed E-state index contributed by atoms with van der Waals surface area (Å²) in [5.41, 5.74) is 2.19. The lowest BCUT2D eigenvalue weighted by molar-refractivity contribution is -0.384. The highest BCUT2D eigenvalue weighted by Crippen LogP contribution is 2.32. The third-order valence-corrected chi connectivity index (χ3v) is 5.64. The fourth-order valence-electron chi connectivity index (χ4n) is 2.98. The molecule has 0 radical (unpaired) electrons. The van der Waals surface area contributed by atoms with Gasteiger partial charge in [-0.25, -0.2) is 4.98 Å². The number of non-ortho nitro benzene ring substituents is 1. The van der Waals surface area contributed by atoms with Crippen molar-refractivity contribution in [3.8, 4) is 5.75 Å². The topological polar surface area (TPSA) is 98.5 Å². The maximum Gasteiger partial charge on any atom is 0.270 e. The van der Waals surface area contributed by atoms with Crippen LogP contribution < -0.4 is 9.64 Å². The predicted octanol–water partition coefficient (Wildman–Crippen LogP) is 4.52. The van der Waals surface area contributed by atoms with E-state index in [0.717, 1.165) is 5.56 Å². The summed E-state index contributed by atoms with van der Waals surface area (Å²) in [6.07, 6.45) is 1.66. The molecule has 4 aromatic rings. The minimum atomic E-state index is -0.453. The molecule has 1 amide bonds. The zero-order valence-corrected chi connectivity index (χ0v) is 17.4. The number of fused-ring (bicyclic) bond motifs is 1.